The summed E-state index contributed by atoms with van der Waals surface area (Å²) < 4.78 is 17.2. The van der Waals surface area contributed by atoms with Crippen LogP contribution in [0.2, 0.25) is 0 Å². The average Bonchev–Trinajstić information content (AvgIpc) is 3.34. The van der Waals surface area contributed by atoms with Gasteiger partial charge < -0.3 is 19.2 Å². The fraction of sp³-hybridized carbons (Fsp3) is 0.345. The number of hydrogen-bond donors (Lipinski definition) is 1. The van der Waals surface area contributed by atoms with Gasteiger partial charge in [-0.15, -0.1) is 0 Å². The molecular formula is C29H30N4O3. The summed E-state index contributed by atoms with van der Waals surface area (Å²) in [5.74, 6) is 0.516. The number of H-pyrrole nitrogens is 1. The normalized spacial score (nSPS) is 14.6. The Hall–Kier alpha value is -3.73. The minimum absolute atomic E-state index is 0.0441. The maximum Gasteiger partial charge on any atom is 0.155 e. The average molecular weight is 483 g/mol. The van der Waals surface area contributed by atoms with Crippen LogP contribution in [0.4, 0.5) is 0 Å². The molecular weight excluding hydrogens is 452 g/mol. The molecule has 0 atom stereocenters. The molecule has 1 aliphatic rings. The van der Waals surface area contributed by atoms with Crippen LogP contribution in [0, 0.1) is 18.3 Å². The van der Waals surface area contributed by atoms with Crippen molar-refractivity contribution in [1.29, 1.82) is 5.26 Å². The first-order valence-corrected chi connectivity index (χ1v) is 12.2. The van der Waals surface area contributed by atoms with Crippen LogP contribution in [0.25, 0.3) is 33.5 Å². The van der Waals surface area contributed by atoms with Crippen LogP contribution in [-0.4, -0.2) is 41.4 Å². The molecule has 1 aromatic carbocycles. The number of nitriles is 1. The number of ether oxygens (including phenoxy) is 3. The molecule has 184 valence electrons. The lowest BCUT2D eigenvalue weighted by Crippen LogP contribution is -2.26. The van der Waals surface area contributed by atoms with Gasteiger partial charge in [0.05, 0.1) is 36.3 Å². The van der Waals surface area contributed by atoms with Crippen molar-refractivity contribution in [1.82, 2.24) is 15.0 Å². The first-order chi connectivity index (χ1) is 17.4. The highest BCUT2D eigenvalue weighted by atomic mass is 16.5. The van der Waals surface area contributed by atoms with Gasteiger partial charge in [0, 0.05) is 42.8 Å². The standard InChI is InChI=1S/C29H30N4O3/c1-18-13-19(5-6-24(18)29(2,3)34-4)25-15-23-22(7-10-31-28(23)33-25)26-14-20(16-30)27(17-32-26)36-21-8-11-35-12-9-21/h5-7,10,13-15,17,21H,8-9,11-12H2,1-4H3,(H,31,33). The molecule has 36 heavy (non-hydrogen) atoms. The summed E-state index contributed by atoms with van der Waals surface area (Å²) in [4.78, 5) is 12.6. The molecule has 1 N–H and O–H groups in total. The van der Waals surface area contributed by atoms with Gasteiger partial charge >= 0.3 is 0 Å². The third kappa shape index (κ3) is 4.58. The molecule has 7 nitrogen and oxygen atoms in total. The van der Waals surface area contributed by atoms with Gasteiger partial charge in [0.2, 0.25) is 0 Å². The number of fused-ring (bicyclic) bond motifs is 1. The number of pyridine rings is 2. The summed E-state index contributed by atoms with van der Waals surface area (Å²) in [6.45, 7) is 7.58. The Balaban J connectivity index is 1.49. The fourth-order valence-corrected chi connectivity index (χ4v) is 4.77. The van der Waals surface area contributed by atoms with Crippen LogP contribution in [0.15, 0.2) is 48.8 Å². The van der Waals surface area contributed by atoms with Crippen molar-refractivity contribution in [3.63, 3.8) is 0 Å². The number of rotatable bonds is 6. The Morgan fingerprint density at radius 1 is 1.11 bits per heavy atom. The summed E-state index contributed by atoms with van der Waals surface area (Å²) in [6, 6.07) is 14.5. The number of aromatic amines is 1. The van der Waals surface area contributed by atoms with Gasteiger partial charge in [0.15, 0.2) is 5.75 Å². The van der Waals surface area contributed by atoms with E-state index < -0.39 is 0 Å². The summed E-state index contributed by atoms with van der Waals surface area (Å²) in [5.41, 5.74) is 6.84. The molecule has 1 saturated heterocycles. The van der Waals surface area contributed by atoms with E-state index in [1.165, 1.54) is 0 Å². The van der Waals surface area contributed by atoms with Crippen LogP contribution in [0.5, 0.6) is 5.75 Å². The molecule has 1 aliphatic heterocycles. The number of benzene rings is 1. The number of nitrogens with one attached hydrogen (secondary N) is 1. The minimum Gasteiger partial charge on any atom is -0.487 e. The lowest BCUT2D eigenvalue weighted by Gasteiger charge is -2.25. The summed E-state index contributed by atoms with van der Waals surface area (Å²) in [6.07, 6.45) is 5.08. The van der Waals surface area contributed by atoms with E-state index in [0.29, 0.717) is 30.2 Å². The Kier molecular flexibility index (Phi) is 6.48. The molecule has 3 aromatic heterocycles. The van der Waals surface area contributed by atoms with Crippen LogP contribution in [0.3, 0.4) is 0 Å². The fourth-order valence-electron chi connectivity index (χ4n) is 4.77. The molecule has 1 fully saturated rings. The van der Waals surface area contributed by atoms with Crippen LogP contribution >= 0.6 is 0 Å². The summed E-state index contributed by atoms with van der Waals surface area (Å²) >= 11 is 0. The SMILES string of the molecule is COC(C)(C)c1ccc(-c2cc3c(-c4cc(C#N)c(OC5CCOCC5)cn4)ccnc3[nH]2)cc1C. The Morgan fingerprint density at radius 3 is 2.64 bits per heavy atom. The van der Waals surface area contributed by atoms with E-state index in [9.17, 15) is 5.26 Å². The lowest BCUT2D eigenvalue weighted by molar-refractivity contribution is 0.0187. The van der Waals surface area contributed by atoms with Crippen molar-refractivity contribution in [3.05, 3.63) is 65.5 Å². The molecule has 0 saturated carbocycles. The van der Waals surface area contributed by atoms with E-state index >= 15 is 0 Å². The molecule has 5 rings (SSSR count). The molecule has 0 aliphatic carbocycles. The first-order valence-electron chi connectivity index (χ1n) is 12.2. The summed E-state index contributed by atoms with van der Waals surface area (Å²) in [5, 5.41) is 10.7. The monoisotopic (exact) mass is 482 g/mol. The third-order valence-electron chi connectivity index (χ3n) is 6.95. The van der Waals surface area contributed by atoms with Crippen molar-refractivity contribution in [2.45, 2.75) is 45.3 Å². The Bertz CT molecular complexity index is 1440. The molecule has 0 radical (unpaired) electrons. The zero-order valence-corrected chi connectivity index (χ0v) is 21.1. The highest BCUT2D eigenvalue weighted by Crippen LogP contribution is 2.34. The maximum absolute atomic E-state index is 9.80. The number of hydrogen-bond acceptors (Lipinski definition) is 6. The molecule has 7 heteroatoms. The van der Waals surface area contributed by atoms with E-state index in [4.69, 9.17) is 14.2 Å². The molecule has 4 heterocycles. The van der Waals surface area contributed by atoms with Gasteiger partial charge in [-0.3, -0.25) is 4.98 Å². The third-order valence-corrected chi connectivity index (χ3v) is 6.95. The van der Waals surface area contributed by atoms with E-state index in [1.54, 1.807) is 25.6 Å². The van der Waals surface area contributed by atoms with Gasteiger partial charge in [0.25, 0.3) is 0 Å². The van der Waals surface area contributed by atoms with Gasteiger partial charge in [0.1, 0.15) is 17.8 Å². The van der Waals surface area contributed by atoms with Crippen LogP contribution in [-0.2, 0) is 15.1 Å². The Labute approximate surface area is 211 Å². The van der Waals surface area contributed by atoms with Gasteiger partial charge in [-0.25, -0.2) is 4.98 Å². The highest BCUT2D eigenvalue weighted by molar-refractivity contribution is 5.95. The number of aryl methyl sites for hydroxylation is 1. The van der Waals surface area contributed by atoms with Crippen molar-refractivity contribution in [2.24, 2.45) is 0 Å². The van der Waals surface area contributed by atoms with E-state index in [-0.39, 0.29) is 11.7 Å². The maximum atomic E-state index is 9.80. The highest BCUT2D eigenvalue weighted by Gasteiger charge is 2.22. The largest absolute Gasteiger partial charge is 0.487 e. The molecule has 0 amide bonds. The molecule has 0 spiro atoms. The van der Waals surface area contributed by atoms with E-state index in [0.717, 1.165) is 51.8 Å². The van der Waals surface area contributed by atoms with Gasteiger partial charge in [-0.2, -0.15) is 5.26 Å². The van der Waals surface area contributed by atoms with Crippen LogP contribution < -0.4 is 4.74 Å². The summed E-state index contributed by atoms with van der Waals surface area (Å²) in [7, 11) is 1.73. The number of nitrogens with zero attached hydrogens (tertiary/aromatic N) is 3. The van der Waals surface area contributed by atoms with Crippen molar-refractivity contribution >= 4 is 11.0 Å². The van der Waals surface area contributed by atoms with Gasteiger partial charge in [-0.1, -0.05) is 12.1 Å². The lowest BCUT2D eigenvalue weighted by atomic mass is 9.91. The topological polar surface area (TPSA) is 93.1 Å². The zero-order chi connectivity index (χ0) is 25.3. The smallest absolute Gasteiger partial charge is 0.155 e. The van der Waals surface area contributed by atoms with E-state index in [2.05, 4.69) is 66.1 Å². The second-order valence-electron chi connectivity index (χ2n) is 9.66. The van der Waals surface area contributed by atoms with Gasteiger partial charge in [-0.05, 0) is 61.7 Å². The zero-order valence-electron chi connectivity index (χ0n) is 21.1. The predicted molar refractivity (Wildman–Crippen MR) is 139 cm³/mol. The number of aromatic nitrogens is 3. The first kappa shape index (κ1) is 24.0. The second kappa shape index (κ2) is 9.73. The Morgan fingerprint density at radius 2 is 1.92 bits per heavy atom. The quantitative estimate of drug-likeness (QED) is 0.367. The van der Waals surface area contributed by atoms with Crippen molar-refractivity contribution in [2.75, 3.05) is 20.3 Å². The van der Waals surface area contributed by atoms with E-state index in [1.807, 2.05) is 6.07 Å². The predicted octanol–water partition coefficient (Wildman–Crippen LogP) is 5.91. The molecule has 4 aromatic rings. The van der Waals surface area contributed by atoms with Crippen molar-refractivity contribution < 1.29 is 14.2 Å². The minimum atomic E-state index is -0.359. The van der Waals surface area contributed by atoms with Crippen LogP contribution in [0.1, 0.15) is 43.4 Å². The molecule has 0 unspecified atom stereocenters. The molecule has 0 bridgehead atoms. The number of methoxy groups -OCH3 is 1. The second-order valence-corrected chi connectivity index (χ2v) is 9.66. The van der Waals surface area contributed by atoms with Crippen molar-refractivity contribution in [3.8, 4) is 34.3 Å².